The van der Waals surface area contributed by atoms with Crippen molar-refractivity contribution in [3.63, 3.8) is 0 Å². The average Bonchev–Trinajstić information content (AvgIpc) is 2.49. The SMILES string of the molecule is COc1ccccc1CNC(CO)c1ccccc1. The Balaban J connectivity index is 2.04. The Bertz CT molecular complexity index is 499. The van der Waals surface area contributed by atoms with E-state index in [-0.39, 0.29) is 12.6 Å². The van der Waals surface area contributed by atoms with Gasteiger partial charge in [0.15, 0.2) is 0 Å². The van der Waals surface area contributed by atoms with Crippen LogP contribution < -0.4 is 10.1 Å². The molecule has 19 heavy (non-hydrogen) atoms. The maximum Gasteiger partial charge on any atom is 0.123 e. The lowest BCUT2D eigenvalue weighted by molar-refractivity contribution is 0.243. The molecule has 0 heterocycles. The molecule has 0 amide bonds. The van der Waals surface area contributed by atoms with Gasteiger partial charge in [-0.3, -0.25) is 0 Å². The molecule has 0 saturated heterocycles. The maximum absolute atomic E-state index is 9.49. The van der Waals surface area contributed by atoms with E-state index in [1.165, 1.54) is 0 Å². The van der Waals surface area contributed by atoms with Gasteiger partial charge in [0.2, 0.25) is 0 Å². The summed E-state index contributed by atoms with van der Waals surface area (Å²) in [6.45, 7) is 0.725. The highest BCUT2D eigenvalue weighted by Gasteiger charge is 2.10. The largest absolute Gasteiger partial charge is 0.496 e. The number of aliphatic hydroxyl groups excluding tert-OH is 1. The molecule has 0 aromatic heterocycles. The van der Waals surface area contributed by atoms with Crippen molar-refractivity contribution in [2.75, 3.05) is 13.7 Å². The normalized spacial score (nSPS) is 12.1. The zero-order chi connectivity index (χ0) is 13.5. The van der Waals surface area contributed by atoms with Crippen LogP contribution in [0, 0.1) is 0 Å². The lowest BCUT2D eigenvalue weighted by Crippen LogP contribution is -2.24. The summed E-state index contributed by atoms with van der Waals surface area (Å²) in [5.74, 6) is 0.861. The van der Waals surface area contributed by atoms with E-state index in [1.807, 2.05) is 54.6 Å². The highest BCUT2D eigenvalue weighted by molar-refractivity contribution is 5.33. The summed E-state index contributed by atoms with van der Waals surface area (Å²) in [5, 5.41) is 12.8. The molecule has 0 fully saturated rings. The van der Waals surface area contributed by atoms with Crippen molar-refractivity contribution in [1.29, 1.82) is 0 Å². The fourth-order valence-electron chi connectivity index (χ4n) is 2.06. The first kappa shape index (κ1) is 13.6. The van der Waals surface area contributed by atoms with Gasteiger partial charge in [-0.1, -0.05) is 48.5 Å². The van der Waals surface area contributed by atoms with Gasteiger partial charge in [0.05, 0.1) is 19.8 Å². The Hall–Kier alpha value is -1.84. The van der Waals surface area contributed by atoms with Gasteiger partial charge in [-0.05, 0) is 11.6 Å². The molecule has 2 aromatic carbocycles. The molecule has 3 heteroatoms. The molecule has 3 nitrogen and oxygen atoms in total. The number of rotatable bonds is 6. The lowest BCUT2D eigenvalue weighted by Gasteiger charge is -2.17. The number of hydrogen-bond acceptors (Lipinski definition) is 3. The molecule has 1 atom stereocenters. The van der Waals surface area contributed by atoms with E-state index in [9.17, 15) is 5.11 Å². The molecule has 0 spiro atoms. The minimum absolute atomic E-state index is 0.0638. The van der Waals surface area contributed by atoms with Gasteiger partial charge >= 0.3 is 0 Å². The molecule has 1 unspecified atom stereocenters. The first-order valence-electron chi connectivity index (χ1n) is 6.36. The molecule has 0 aliphatic carbocycles. The first-order valence-corrected chi connectivity index (χ1v) is 6.36. The van der Waals surface area contributed by atoms with Crippen molar-refractivity contribution in [1.82, 2.24) is 5.32 Å². The van der Waals surface area contributed by atoms with Gasteiger partial charge in [0.25, 0.3) is 0 Å². The van der Waals surface area contributed by atoms with Gasteiger partial charge < -0.3 is 15.2 Å². The third kappa shape index (κ3) is 3.56. The van der Waals surface area contributed by atoms with Crippen molar-refractivity contribution in [3.05, 3.63) is 65.7 Å². The van der Waals surface area contributed by atoms with Crippen molar-refractivity contribution in [2.45, 2.75) is 12.6 Å². The van der Waals surface area contributed by atoms with Crippen LogP contribution in [0.5, 0.6) is 5.75 Å². The van der Waals surface area contributed by atoms with Crippen LogP contribution in [-0.4, -0.2) is 18.8 Å². The van der Waals surface area contributed by atoms with Crippen LogP contribution in [0.4, 0.5) is 0 Å². The van der Waals surface area contributed by atoms with Crippen molar-refractivity contribution >= 4 is 0 Å². The van der Waals surface area contributed by atoms with Crippen LogP contribution in [0.3, 0.4) is 0 Å². The Labute approximate surface area is 113 Å². The molecule has 2 rings (SSSR count). The minimum atomic E-state index is -0.0638. The number of benzene rings is 2. The fourth-order valence-corrected chi connectivity index (χ4v) is 2.06. The third-order valence-corrected chi connectivity index (χ3v) is 3.12. The van der Waals surface area contributed by atoms with Crippen LogP contribution >= 0.6 is 0 Å². The summed E-state index contributed by atoms with van der Waals surface area (Å²) in [4.78, 5) is 0. The van der Waals surface area contributed by atoms with E-state index < -0.39 is 0 Å². The average molecular weight is 257 g/mol. The molecule has 2 aromatic rings. The molecule has 0 bridgehead atoms. The van der Waals surface area contributed by atoms with Crippen molar-refractivity contribution in [3.8, 4) is 5.75 Å². The van der Waals surface area contributed by atoms with Crippen LogP contribution in [0.2, 0.25) is 0 Å². The number of ether oxygens (including phenoxy) is 1. The van der Waals surface area contributed by atoms with Crippen molar-refractivity contribution < 1.29 is 9.84 Å². The van der Waals surface area contributed by atoms with E-state index >= 15 is 0 Å². The second kappa shape index (κ2) is 6.92. The van der Waals surface area contributed by atoms with Gasteiger partial charge in [-0.15, -0.1) is 0 Å². The van der Waals surface area contributed by atoms with Crippen LogP contribution in [-0.2, 0) is 6.54 Å². The summed E-state index contributed by atoms with van der Waals surface area (Å²) in [6.07, 6.45) is 0. The summed E-state index contributed by atoms with van der Waals surface area (Å²) >= 11 is 0. The van der Waals surface area contributed by atoms with E-state index in [0.717, 1.165) is 16.9 Å². The highest BCUT2D eigenvalue weighted by atomic mass is 16.5. The topological polar surface area (TPSA) is 41.5 Å². The van der Waals surface area contributed by atoms with Gasteiger partial charge in [0, 0.05) is 12.1 Å². The lowest BCUT2D eigenvalue weighted by atomic mass is 10.1. The Morgan fingerprint density at radius 2 is 1.74 bits per heavy atom. The van der Waals surface area contributed by atoms with Gasteiger partial charge in [0.1, 0.15) is 5.75 Å². The Kier molecular flexibility index (Phi) is 4.95. The smallest absolute Gasteiger partial charge is 0.123 e. The van der Waals surface area contributed by atoms with E-state index in [4.69, 9.17) is 4.74 Å². The number of nitrogens with one attached hydrogen (secondary N) is 1. The number of para-hydroxylation sites is 1. The zero-order valence-corrected chi connectivity index (χ0v) is 11.0. The molecule has 0 radical (unpaired) electrons. The second-order valence-electron chi connectivity index (χ2n) is 4.34. The van der Waals surface area contributed by atoms with Crippen LogP contribution in [0.25, 0.3) is 0 Å². The Morgan fingerprint density at radius 1 is 1.05 bits per heavy atom. The first-order chi connectivity index (χ1) is 9.35. The molecule has 0 saturated carbocycles. The Morgan fingerprint density at radius 3 is 2.42 bits per heavy atom. The summed E-state index contributed by atoms with van der Waals surface area (Å²) < 4.78 is 5.31. The number of methoxy groups -OCH3 is 1. The van der Waals surface area contributed by atoms with Crippen molar-refractivity contribution in [2.24, 2.45) is 0 Å². The standard InChI is InChI=1S/C16H19NO2/c1-19-16-10-6-5-9-14(16)11-17-15(12-18)13-7-3-2-4-8-13/h2-10,15,17-18H,11-12H2,1H3. The highest BCUT2D eigenvalue weighted by Crippen LogP contribution is 2.19. The molecule has 0 aliphatic heterocycles. The van der Waals surface area contributed by atoms with Gasteiger partial charge in [-0.25, -0.2) is 0 Å². The van der Waals surface area contributed by atoms with Gasteiger partial charge in [-0.2, -0.15) is 0 Å². The fraction of sp³-hybridized carbons (Fsp3) is 0.250. The minimum Gasteiger partial charge on any atom is -0.496 e. The molecular formula is C16H19NO2. The predicted octanol–water partition coefficient (Wildman–Crippen LogP) is 2.52. The molecular weight excluding hydrogens is 238 g/mol. The summed E-state index contributed by atoms with van der Waals surface area (Å²) in [6, 6.07) is 17.8. The monoisotopic (exact) mass is 257 g/mol. The van der Waals surface area contributed by atoms with E-state index in [2.05, 4.69) is 5.32 Å². The molecule has 2 N–H and O–H groups in total. The summed E-state index contributed by atoms with van der Waals surface area (Å²) in [7, 11) is 1.67. The van der Waals surface area contributed by atoms with Crippen LogP contribution in [0.1, 0.15) is 17.2 Å². The maximum atomic E-state index is 9.49. The van der Waals surface area contributed by atoms with Crippen LogP contribution in [0.15, 0.2) is 54.6 Å². The quantitative estimate of drug-likeness (QED) is 0.835. The number of aliphatic hydroxyl groups is 1. The third-order valence-electron chi connectivity index (χ3n) is 3.12. The number of hydrogen-bond donors (Lipinski definition) is 2. The molecule has 100 valence electrons. The van der Waals surface area contributed by atoms with E-state index in [1.54, 1.807) is 7.11 Å². The van der Waals surface area contributed by atoms with E-state index in [0.29, 0.717) is 6.54 Å². The summed E-state index contributed by atoms with van der Waals surface area (Å²) in [5.41, 5.74) is 2.17. The zero-order valence-electron chi connectivity index (χ0n) is 11.0. The predicted molar refractivity (Wildman–Crippen MR) is 76.1 cm³/mol. The second-order valence-corrected chi connectivity index (χ2v) is 4.34. The molecule has 0 aliphatic rings.